The van der Waals surface area contributed by atoms with Gasteiger partial charge in [0.2, 0.25) is 5.91 Å². The van der Waals surface area contributed by atoms with Crippen LogP contribution in [0.5, 0.6) is 0 Å². The van der Waals surface area contributed by atoms with Crippen LogP contribution < -0.4 is 0 Å². The minimum Gasteiger partial charge on any atom is -0.464 e. The molecule has 76 valence electrons. The third-order valence-corrected chi connectivity index (χ3v) is 2.19. The fourth-order valence-electron chi connectivity index (χ4n) is 1.36. The molecule has 1 aliphatic heterocycles. The Balaban J connectivity index is 2.83. The third kappa shape index (κ3) is 1.44. The van der Waals surface area contributed by atoms with Crippen LogP contribution in [0.2, 0.25) is 0 Å². The van der Waals surface area contributed by atoms with Crippen LogP contribution in [-0.2, 0) is 14.3 Å². The molecule has 0 N–H and O–H groups in total. The number of carbonyl (C=O) groups is 2. The van der Waals surface area contributed by atoms with Crippen molar-refractivity contribution in [2.24, 2.45) is 5.41 Å². The van der Waals surface area contributed by atoms with Crippen LogP contribution in [0.3, 0.4) is 0 Å². The summed E-state index contributed by atoms with van der Waals surface area (Å²) in [5.74, 6) is -0.682. The van der Waals surface area contributed by atoms with E-state index in [1.165, 1.54) is 12.0 Å². The zero-order valence-electron chi connectivity index (χ0n) is 8.59. The van der Waals surface area contributed by atoms with Crippen LogP contribution in [0.15, 0.2) is 18.0 Å². The molecule has 0 aromatic heterocycles. The van der Waals surface area contributed by atoms with E-state index in [9.17, 15) is 9.59 Å². The van der Waals surface area contributed by atoms with E-state index in [0.29, 0.717) is 6.54 Å². The summed E-state index contributed by atoms with van der Waals surface area (Å²) in [6.07, 6.45) is 0. The molecule has 0 atom stereocenters. The van der Waals surface area contributed by atoms with E-state index < -0.39 is 11.4 Å². The normalized spacial score (nSPS) is 18.2. The van der Waals surface area contributed by atoms with Gasteiger partial charge >= 0.3 is 5.97 Å². The number of ether oxygens (including phenoxy) is 1. The number of nitrogens with zero attached hydrogens (tertiary/aromatic N) is 1. The zero-order chi connectivity index (χ0) is 10.9. The van der Waals surface area contributed by atoms with Gasteiger partial charge in [-0.2, -0.15) is 0 Å². The number of amides is 1. The lowest BCUT2D eigenvalue weighted by Crippen LogP contribution is -2.58. The lowest BCUT2D eigenvalue weighted by molar-refractivity contribution is -0.157. The number of β-lactam (4-membered cyclic amide) rings is 1. The van der Waals surface area contributed by atoms with E-state index in [4.69, 9.17) is 0 Å². The number of hydrogen-bond acceptors (Lipinski definition) is 3. The molecule has 0 unspecified atom stereocenters. The third-order valence-electron chi connectivity index (χ3n) is 2.19. The van der Waals surface area contributed by atoms with Crippen molar-refractivity contribution in [3.8, 4) is 0 Å². The van der Waals surface area contributed by atoms with Gasteiger partial charge in [0, 0.05) is 6.54 Å². The quantitative estimate of drug-likeness (QED) is 0.282. The van der Waals surface area contributed by atoms with Gasteiger partial charge in [0.05, 0.1) is 12.5 Å². The maximum Gasteiger partial charge on any atom is 0.363 e. The molecule has 0 aliphatic carbocycles. The van der Waals surface area contributed by atoms with E-state index in [1.807, 2.05) is 13.8 Å². The maximum atomic E-state index is 11.5. The van der Waals surface area contributed by atoms with Crippen molar-refractivity contribution in [2.75, 3.05) is 13.7 Å². The van der Waals surface area contributed by atoms with Crippen molar-refractivity contribution in [1.82, 2.24) is 4.90 Å². The summed E-state index contributed by atoms with van der Waals surface area (Å²) in [6.45, 7) is 7.50. The highest BCUT2D eigenvalue weighted by Crippen LogP contribution is 2.33. The van der Waals surface area contributed by atoms with Gasteiger partial charge in [0.25, 0.3) is 0 Å². The second kappa shape index (κ2) is 3.31. The Hall–Kier alpha value is -1.54. The summed E-state index contributed by atoms with van der Waals surface area (Å²) in [7, 11) is 1.26. The molecule has 0 aromatic carbocycles. The molecule has 1 saturated heterocycles. The van der Waals surface area contributed by atoms with E-state index >= 15 is 0 Å². The molecule has 0 radical (unpaired) electrons. The molecule has 4 heteroatoms. The number of esters is 1. The standard InChI is InChI=1S/C10H13NO3/c1-5-7(8(12)14-4)11-6-10(2,3)9(11)13/h1,6H2,2-4H3. The van der Waals surface area contributed by atoms with Gasteiger partial charge in [-0.3, -0.25) is 9.69 Å². The molecule has 0 saturated carbocycles. The molecular weight excluding hydrogens is 182 g/mol. The van der Waals surface area contributed by atoms with E-state index in [1.54, 1.807) is 0 Å². The van der Waals surface area contributed by atoms with Gasteiger partial charge < -0.3 is 4.74 Å². The first-order valence-electron chi connectivity index (χ1n) is 4.24. The van der Waals surface area contributed by atoms with Crippen LogP contribution in [0.4, 0.5) is 0 Å². The summed E-state index contributed by atoms with van der Waals surface area (Å²) >= 11 is 0. The second-order valence-corrected chi connectivity index (χ2v) is 3.79. The van der Waals surface area contributed by atoms with E-state index in [2.05, 4.69) is 17.0 Å². The number of rotatable bonds is 2. The first-order valence-corrected chi connectivity index (χ1v) is 4.24. The topological polar surface area (TPSA) is 46.6 Å². The zero-order valence-corrected chi connectivity index (χ0v) is 8.59. The van der Waals surface area contributed by atoms with Gasteiger partial charge in [-0.1, -0.05) is 12.3 Å². The molecular formula is C10H13NO3. The number of methoxy groups -OCH3 is 1. The predicted octanol–water partition coefficient (Wildman–Crippen LogP) is 0.697. The predicted molar refractivity (Wildman–Crippen MR) is 50.2 cm³/mol. The SMILES string of the molecule is C=C=C(C(=O)OC)N1CC(C)(C)C1=O. The molecule has 0 aromatic rings. The molecule has 1 fully saturated rings. The van der Waals surface area contributed by atoms with Crippen molar-refractivity contribution in [3.63, 3.8) is 0 Å². The number of likely N-dealkylation sites (tertiary alicyclic amines) is 1. The Kier molecular flexibility index (Phi) is 2.49. The summed E-state index contributed by atoms with van der Waals surface area (Å²) in [5.41, 5.74) is 2.12. The Bertz CT molecular complexity index is 337. The summed E-state index contributed by atoms with van der Waals surface area (Å²) in [6, 6.07) is 0. The van der Waals surface area contributed by atoms with Gasteiger partial charge in [-0.25, -0.2) is 4.79 Å². The summed E-state index contributed by atoms with van der Waals surface area (Å²) < 4.78 is 4.50. The molecule has 0 spiro atoms. The summed E-state index contributed by atoms with van der Waals surface area (Å²) in [4.78, 5) is 24.0. The Morgan fingerprint density at radius 3 is 2.50 bits per heavy atom. The Morgan fingerprint density at radius 1 is 1.64 bits per heavy atom. The van der Waals surface area contributed by atoms with Crippen LogP contribution in [0, 0.1) is 5.41 Å². The molecule has 14 heavy (non-hydrogen) atoms. The lowest BCUT2D eigenvalue weighted by atomic mass is 9.83. The van der Waals surface area contributed by atoms with Crippen LogP contribution in [-0.4, -0.2) is 30.4 Å². The largest absolute Gasteiger partial charge is 0.464 e. The fraction of sp³-hybridized carbons (Fsp3) is 0.500. The second-order valence-electron chi connectivity index (χ2n) is 3.79. The van der Waals surface area contributed by atoms with Crippen molar-refractivity contribution in [1.29, 1.82) is 0 Å². The highest BCUT2D eigenvalue weighted by Gasteiger charge is 2.47. The van der Waals surface area contributed by atoms with Crippen molar-refractivity contribution in [3.05, 3.63) is 18.0 Å². The number of hydrogen-bond donors (Lipinski definition) is 0. The van der Waals surface area contributed by atoms with Crippen molar-refractivity contribution < 1.29 is 14.3 Å². The van der Waals surface area contributed by atoms with Crippen LogP contribution >= 0.6 is 0 Å². The average molecular weight is 195 g/mol. The van der Waals surface area contributed by atoms with E-state index in [0.717, 1.165) is 0 Å². The van der Waals surface area contributed by atoms with Crippen LogP contribution in [0.1, 0.15) is 13.8 Å². The van der Waals surface area contributed by atoms with Gasteiger partial charge in [-0.15, -0.1) is 0 Å². The highest BCUT2D eigenvalue weighted by molar-refractivity contribution is 5.98. The molecule has 1 aliphatic rings. The minimum absolute atomic E-state index is 0.0943. The van der Waals surface area contributed by atoms with Gasteiger partial charge in [0.15, 0.2) is 5.70 Å². The number of carbonyl (C=O) groups excluding carboxylic acids is 2. The maximum absolute atomic E-state index is 11.5. The molecule has 1 rings (SSSR count). The lowest BCUT2D eigenvalue weighted by Gasteiger charge is -2.43. The fourth-order valence-corrected chi connectivity index (χ4v) is 1.36. The first kappa shape index (κ1) is 10.5. The molecule has 1 heterocycles. The summed E-state index contributed by atoms with van der Waals surface area (Å²) in [5, 5.41) is 0. The van der Waals surface area contributed by atoms with Crippen LogP contribution in [0.25, 0.3) is 0 Å². The Labute approximate surface area is 82.8 Å². The average Bonchev–Trinajstić information content (AvgIpc) is 2.16. The first-order chi connectivity index (χ1) is 6.44. The van der Waals surface area contributed by atoms with Crippen molar-refractivity contribution >= 4 is 11.9 Å². The van der Waals surface area contributed by atoms with Gasteiger partial charge in [-0.05, 0) is 13.8 Å². The van der Waals surface area contributed by atoms with Crippen molar-refractivity contribution in [2.45, 2.75) is 13.8 Å². The van der Waals surface area contributed by atoms with E-state index in [-0.39, 0.29) is 11.6 Å². The Morgan fingerprint density at radius 2 is 2.21 bits per heavy atom. The minimum atomic E-state index is -0.580. The highest BCUT2D eigenvalue weighted by atomic mass is 16.5. The van der Waals surface area contributed by atoms with Gasteiger partial charge in [0.1, 0.15) is 0 Å². The smallest absolute Gasteiger partial charge is 0.363 e. The monoisotopic (exact) mass is 195 g/mol. The molecule has 1 amide bonds. The molecule has 0 bridgehead atoms. The molecule has 4 nitrogen and oxygen atoms in total.